The van der Waals surface area contributed by atoms with E-state index in [4.69, 9.17) is 4.74 Å². The molecule has 1 aromatic carbocycles. The van der Waals surface area contributed by atoms with Crippen molar-refractivity contribution in [2.75, 3.05) is 13.7 Å². The molecule has 0 saturated heterocycles. The van der Waals surface area contributed by atoms with E-state index in [1.54, 1.807) is 7.11 Å². The standard InChI is InChI=1S/C14H20BrNO2/c1-18-13-5-4-12(15)8-11(13)9-16-14(10-17)6-2-3-7-14/h4-5,8,16-17H,2-3,6-7,9-10H2,1H3. The molecule has 1 aliphatic carbocycles. The van der Waals surface area contributed by atoms with Gasteiger partial charge >= 0.3 is 0 Å². The highest BCUT2D eigenvalue weighted by molar-refractivity contribution is 9.10. The molecule has 0 bridgehead atoms. The molecule has 2 N–H and O–H groups in total. The van der Waals surface area contributed by atoms with Crippen molar-refractivity contribution >= 4 is 15.9 Å². The zero-order valence-electron chi connectivity index (χ0n) is 10.7. The molecule has 1 saturated carbocycles. The average Bonchev–Trinajstić information content (AvgIpc) is 2.86. The lowest BCUT2D eigenvalue weighted by molar-refractivity contribution is 0.162. The van der Waals surface area contributed by atoms with Gasteiger partial charge in [0.25, 0.3) is 0 Å². The molecule has 1 fully saturated rings. The summed E-state index contributed by atoms with van der Waals surface area (Å²) in [5.74, 6) is 0.886. The van der Waals surface area contributed by atoms with Gasteiger partial charge in [0.2, 0.25) is 0 Å². The van der Waals surface area contributed by atoms with Crippen LogP contribution >= 0.6 is 15.9 Å². The Morgan fingerprint density at radius 2 is 2.11 bits per heavy atom. The maximum Gasteiger partial charge on any atom is 0.123 e. The molecule has 0 spiro atoms. The molecule has 4 heteroatoms. The van der Waals surface area contributed by atoms with Gasteiger partial charge in [-0.15, -0.1) is 0 Å². The average molecular weight is 314 g/mol. The van der Waals surface area contributed by atoms with E-state index < -0.39 is 0 Å². The Morgan fingerprint density at radius 3 is 2.72 bits per heavy atom. The minimum Gasteiger partial charge on any atom is -0.496 e. The molecule has 3 nitrogen and oxygen atoms in total. The van der Waals surface area contributed by atoms with Crippen LogP contribution in [0.1, 0.15) is 31.2 Å². The van der Waals surface area contributed by atoms with Gasteiger partial charge in [-0.25, -0.2) is 0 Å². The molecular formula is C14H20BrNO2. The van der Waals surface area contributed by atoms with Gasteiger partial charge in [-0.1, -0.05) is 28.8 Å². The van der Waals surface area contributed by atoms with Crippen molar-refractivity contribution in [2.24, 2.45) is 0 Å². The molecule has 0 aliphatic heterocycles. The second-order valence-electron chi connectivity index (χ2n) is 4.96. The van der Waals surface area contributed by atoms with Gasteiger partial charge in [0.15, 0.2) is 0 Å². The summed E-state index contributed by atoms with van der Waals surface area (Å²) in [5.41, 5.74) is 1.03. The Balaban J connectivity index is 2.07. The highest BCUT2D eigenvalue weighted by Gasteiger charge is 2.32. The molecule has 0 atom stereocenters. The fraction of sp³-hybridized carbons (Fsp3) is 0.571. The minimum atomic E-state index is -0.0900. The Kier molecular flexibility index (Phi) is 4.65. The van der Waals surface area contributed by atoms with Gasteiger partial charge in [-0.05, 0) is 31.0 Å². The molecule has 0 unspecified atom stereocenters. The van der Waals surface area contributed by atoms with E-state index in [1.165, 1.54) is 12.8 Å². The van der Waals surface area contributed by atoms with Crippen molar-refractivity contribution in [1.29, 1.82) is 0 Å². The van der Waals surface area contributed by atoms with E-state index in [-0.39, 0.29) is 12.1 Å². The monoisotopic (exact) mass is 313 g/mol. The number of halogens is 1. The van der Waals surface area contributed by atoms with Crippen molar-refractivity contribution in [3.63, 3.8) is 0 Å². The van der Waals surface area contributed by atoms with Crippen LogP contribution in [0.5, 0.6) is 5.75 Å². The maximum absolute atomic E-state index is 9.57. The van der Waals surface area contributed by atoms with Crippen LogP contribution in [0.15, 0.2) is 22.7 Å². The smallest absolute Gasteiger partial charge is 0.123 e. The Morgan fingerprint density at radius 1 is 1.39 bits per heavy atom. The van der Waals surface area contributed by atoms with E-state index in [1.807, 2.05) is 12.1 Å². The predicted molar refractivity (Wildman–Crippen MR) is 75.8 cm³/mol. The van der Waals surface area contributed by atoms with Crippen LogP contribution in [0.4, 0.5) is 0 Å². The Hall–Kier alpha value is -0.580. The number of aliphatic hydroxyl groups excluding tert-OH is 1. The summed E-state index contributed by atoms with van der Waals surface area (Å²) in [4.78, 5) is 0. The second-order valence-corrected chi connectivity index (χ2v) is 5.87. The van der Waals surface area contributed by atoms with Crippen molar-refractivity contribution < 1.29 is 9.84 Å². The third-order valence-electron chi connectivity index (χ3n) is 3.76. The minimum absolute atomic E-state index is 0.0900. The molecule has 0 aromatic heterocycles. The van der Waals surface area contributed by atoms with Crippen LogP contribution in [-0.2, 0) is 6.54 Å². The summed E-state index contributed by atoms with van der Waals surface area (Å²) in [5, 5.41) is 13.1. The summed E-state index contributed by atoms with van der Waals surface area (Å²) < 4.78 is 6.40. The Labute approximate surface area is 117 Å². The van der Waals surface area contributed by atoms with Gasteiger partial charge in [0, 0.05) is 22.1 Å². The zero-order valence-corrected chi connectivity index (χ0v) is 12.3. The molecule has 0 radical (unpaired) electrons. The third-order valence-corrected chi connectivity index (χ3v) is 4.25. The van der Waals surface area contributed by atoms with Crippen LogP contribution in [0.3, 0.4) is 0 Å². The fourth-order valence-corrected chi connectivity index (χ4v) is 3.02. The van der Waals surface area contributed by atoms with Gasteiger partial charge in [0.1, 0.15) is 5.75 Å². The Bertz CT molecular complexity index is 403. The SMILES string of the molecule is COc1ccc(Br)cc1CNC1(CO)CCCC1. The van der Waals surface area contributed by atoms with Crippen LogP contribution in [0, 0.1) is 0 Å². The van der Waals surface area contributed by atoms with Crippen molar-refractivity contribution in [2.45, 2.75) is 37.8 Å². The molecule has 1 aromatic rings. The number of hydrogen-bond acceptors (Lipinski definition) is 3. The number of hydrogen-bond donors (Lipinski definition) is 2. The first kappa shape index (κ1) is 13.8. The predicted octanol–water partition coefficient (Wildman–Crippen LogP) is 2.85. The summed E-state index contributed by atoms with van der Waals surface area (Å²) in [6.07, 6.45) is 4.51. The van der Waals surface area contributed by atoms with Crippen LogP contribution in [0.2, 0.25) is 0 Å². The number of methoxy groups -OCH3 is 1. The molecule has 0 heterocycles. The van der Waals surface area contributed by atoms with E-state index in [0.717, 1.165) is 35.2 Å². The quantitative estimate of drug-likeness (QED) is 0.878. The van der Waals surface area contributed by atoms with Gasteiger partial charge in [0.05, 0.1) is 13.7 Å². The van der Waals surface area contributed by atoms with Crippen molar-refractivity contribution in [3.8, 4) is 5.75 Å². The summed E-state index contributed by atoms with van der Waals surface area (Å²) >= 11 is 3.48. The first-order valence-electron chi connectivity index (χ1n) is 6.37. The summed E-state index contributed by atoms with van der Waals surface area (Å²) in [6, 6.07) is 5.99. The topological polar surface area (TPSA) is 41.5 Å². The van der Waals surface area contributed by atoms with Crippen molar-refractivity contribution in [3.05, 3.63) is 28.2 Å². The van der Waals surface area contributed by atoms with Gasteiger partial charge in [-0.2, -0.15) is 0 Å². The largest absolute Gasteiger partial charge is 0.496 e. The molecule has 100 valence electrons. The highest BCUT2D eigenvalue weighted by atomic mass is 79.9. The molecule has 1 aliphatic rings. The van der Waals surface area contributed by atoms with Crippen LogP contribution < -0.4 is 10.1 Å². The van der Waals surface area contributed by atoms with Gasteiger partial charge in [-0.3, -0.25) is 0 Å². The normalized spacial score (nSPS) is 17.9. The first-order chi connectivity index (χ1) is 8.69. The third kappa shape index (κ3) is 3.05. The maximum atomic E-state index is 9.57. The number of rotatable bonds is 5. The lowest BCUT2D eigenvalue weighted by Crippen LogP contribution is -2.45. The molecule has 0 amide bonds. The van der Waals surface area contributed by atoms with Gasteiger partial charge < -0.3 is 15.2 Å². The van der Waals surface area contributed by atoms with E-state index in [2.05, 4.69) is 27.3 Å². The van der Waals surface area contributed by atoms with E-state index in [0.29, 0.717) is 0 Å². The molecular weight excluding hydrogens is 294 g/mol. The molecule has 2 rings (SSSR count). The van der Waals surface area contributed by atoms with Crippen LogP contribution in [-0.4, -0.2) is 24.4 Å². The van der Waals surface area contributed by atoms with Crippen LogP contribution in [0.25, 0.3) is 0 Å². The lowest BCUT2D eigenvalue weighted by Gasteiger charge is -2.28. The molecule has 18 heavy (non-hydrogen) atoms. The number of aliphatic hydroxyl groups is 1. The first-order valence-corrected chi connectivity index (χ1v) is 7.17. The number of ether oxygens (including phenoxy) is 1. The number of benzene rings is 1. The lowest BCUT2D eigenvalue weighted by atomic mass is 9.98. The highest BCUT2D eigenvalue weighted by Crippen LogP contribution is 2.30. The fourth-order valence-electron chi connectivity index (χ4n) is 2.61. The van der Waals surface area contributed by atoms with E-state index in [9.17, 15) is 5.11 Å². The van der Waals surface area contributed by atoms with E-state index >= 15 is 0 Å². The second kappa shape index (κ2) is 6.04. The summed E-state index contributed by atoms with van der Waals surface area (Å²) in [6.45, 7) is 0.937. The zero-order chi connectivity index (χ0) is 13.0. The van der Waals surface area contributed by atoms with Crippen molar-refractivity contribution in [1.82, 2.24) is 5.32 Å². The number of nitrogens with one attached hydrogen (secondary N) is 1. The summed E-state index contributed by atoms with van der Waals surface area (Å²) in [7, 11) is 1.68.